The summed E-state index contributed by atoms with van der Waals surface area (Å²) in [7, 11) is -1.21. The molecule has 1 saturated carbocycles. The topological polar surface area (TPSA) is 90.0 Å². The van der Waals surface area contributed by atoms with Gasteiger partial charge in [0.2, 0.25) is 11.8 Å². The molecule has 0 heterocycles. The fourth-order valence-electron chi connectivity index (χ4n) is 4.07. The molecule has 0 aliphatic heterocycles. The van der Waals surface area contributed by atoms with Crippen LogP contribution in [0.5, 0.6) is 0 Å². The number of carbonyl (C=O) groups excluding carboxylic acids is 2. The van der Waals surface area contributed by atoms with Gasteiger partial charge in [-0.15, -0.1) is 0 Å². The standard InChI is InChI=1S/C25H33FN4O4S/c1-19(25(32)27-22-9-7-8-10-22)29(17-20-13-15-21(26)16-14-20)24(31)18-30(35(33,34)28(2)3)23-11-5-4-6-12-23/h4-6,11-16,19,22H,7-10,17-18H2,1-3H3,(H,27,32)/t19-/m0/s1. The Hall–Kier alpha value is -2.98. The van der Waals surface area contributed by atoms with Crippen molar-refractivity contribution in [3.05, 3.63) is 66.0 Å². The maximum absolute atomic E-state index is 13.6. The van der Waals surface area contributed by atoms with Crippen molar-refractivity contribution < 1.29 is 22.4 Å². The molecule has 10 heteroatoms. The van der Waals surface area contributed by atoms with E-state index in [9.17, 15) is 22.4 Å². The lowest BCUT2D eigenvalue weighted by Crippen LogP contribution is -2.53. The van der Waals surface area contributed by atoms with E-state index < -0.39 is 34.5 Å². The molecule has 0 saturated heterocycles. The maximum atomic E-state index is 13.6. The SMILES string of the molecule is C[C@@H](C(=O)NC1CCCC1)N(Cc1ccc(F)cc1)C(=O)CN(c1ccccc1)S(=O)(=O)N(C)C. The summed E-state index contributed by atoms with van der Waals surface area (Å²) in [5.41, 5.74) is 0.960. The summed E-state index contributed by atoms with van der Waals surface area (Å²) in [5.74, 6) is -1.25. The van der Waals surface area contributed by atoms with Crippen LogP contribution in [0.3, 0.4) is 0 Å². The van der Waals surface area contributed by atoms with Crippen LogP contribution in [0.15, 0.2) is 54.6 Å². The molecule has 2 aromatic rings. The Morgan fingerprint density at radius 1 is 1.03 bits per heavy atom. The molecule has 0 bridgehead atoms. The minimum atomic E-state index is -3.99. The minimum Gasteiger partial charge on any atom is -0.352 e. The molecule has 0 radical (unpaired) electrons. The first kappa shape index (κ1) is 26.6. The Bertz CT molecular complexity index is 1100. The lowest BCUT2D eigenvalue weighted by Gasteiger charge is -2.33. The molecule has 3 rings (SSSR count). The Kier molecular flexibility index (Phi) is 8.85. The van der Waals surface area contributed by atoms with E-state index in [0.717, 1.165) is 34.3 Å². The Labute approximate surface area is 206 Å². The zero-order chi connectivity index (χ0) is 25.6. The zero-order valence-electron chi connectivity index (χ0n) is 20.4. The largest absolute Gasteiger partial charge is 0.352 e. The maximum Gasteiger partial charge on any atom is 0.304 e. The van der Waals surface area contributed by atoms with E-state index in [1.54, 1.807) is 49.4 Å². The molecule has 1 N–H and O–H groups in total. The number of nitrogens with one attached hydrogen (secondary N) is 1. The third-order valence-corrected chi connectivity index (χ3v) is 8.02. The van der Waals surface area contributed by atoms with Gasteiger partial charge in [-0.3, -0.25) is 9.59 Å². The van der Waals surface area contributed by atoms with Gasteiger partial charge >= 0.3 is 10.2 Å². The Morgan fingerprint density at radius 3 is 2.20 bits per heavy atom. The predicted molar refractivity (Wildman–Crippen MR) is 133 cm³/mol. The van der Waals surface area contributed by atoms with Gasteiger partial charge in [0.1, 0.15) is 18.4 Å². The second-order valence-corrected chi connectivity index (χ2v) is 11.0. The number of hydrogen-bond acceptors (Lipinski definition) is 4. The first-order valence-electron chi connectivity index (χ1n) is 11.7. The number of benzene rings is 2. The highest BCUT2D eigenvalue weighted by Crippen LogP contribution is 2.21. The molecule has 1 aliphatic carbocycles. The Morgan fingerprint density at radius 2 is 1.63 bits per heavy atom. The number of halogens is 1. The van der Waals surface area contributed by atoms with Crippen molar-refractivity contribution >= 4 is 27.7 Å². The normalized spacial score (nSPS) is 15.1. The Balaban J connectivity index is 1.89. The van der Waals surface area contributed by atoms with Gasteiger partial charge in [0.15, 0.2) is 0 Å². The summed E-state index contributed by atoms with van der Waals surface area (Å²) in [4.78, 5) is 28.0. The molecule has 35 heavy (non-hydrogen) atoms. The van der Waals surface area contributed by atoms with Crippen molar-refractivity contribution in [2.24, 2.45) is 0 Å². The predicted octanol–water partition coefficient (Wildman–Crippen LogP) is 2.91. The number of amides is 2. The fourth-order valence-corrected chi connectivity index (χ4v) is 5.13. The minimum absolute atomic E-state index is 0.0308. The molecule has 1 aliphatic rings. The van der Waals surface area contributed by atoms with Crippen LogP contribution in [0.2, 0.25) is 0 Å². The first-order valence-corrected chi connectivity index (χ1v) is 13.1. The molecule has 190 valence electrons. The van der Waals surface area contributed by atoms with E-state index in [1.807, 2.05) is 0 Å². The van der Waals surface area contributed by atoms with E-state index in [0.29, 0.717) is 11.3 Å². The molecule has 2 amide bonds. The van der Waals surface area contributed by atoms with E-state index in [4.69, 9.17) is 0 Å². The van der Waals surface area contributed by atoms with E-state index in [1.165, 1.54) is 31.1 Å². The number of para-hydroxylation sites is 1. The van der Waals surface area contributed by atoms with Crippen LogP contribution >= 0.6 is 0 Å². The summed E-state index contributed by atoms with van der Waals surface area (Å²) in [6.45, 7) is 1.16. The van der Waals surface area contributed by atoms with Crippen LogP contribution in [0.1, 0.15) is 38.2 Å². The third kappa shape index (κ3) is 6.79. The first-order chi connectivity index (χ1) is 16.6. The highest BCUT2D eigenvalue weighted by atomic mass is 32.2. The molecule has 8 nitrogen and oxygen atoms in total. The van der Waals surface area contributed by atoms with Gasteiger partial charge in [-0.1, -0.05) is 43.2 Å². The number of nitrogens with zero attached hydrogens (tertiary/aromatic N) is 3. The molecule has 2 aromatic carbocycles. The molecule has 1 atom stereocenters. The van der Waals surface area contributed by atoms with Gasteiger partial charge < -0.3 is 10.2 Å². The van der Waals surface area contributed by atoms with Crippen molar-refractivity contribution in [1.82, 2.24) is 14.5 Å². The fraction of sp³-hybridized carbons (Fsp3) is 0.440. The van der Waals surface area contributed by atoms with E-state index in [2.05, 4.69) is 5.32 Å². The van der Waals surface area contributed by atoms with Crippen LogP contribution in [0.4, 0.5) is 10.1 Å². The van der Waals surface area contributed by atoms with Gasteiger partial charge in [-0.05, 0) is 49.6 Å². The number of anilines is 1. The number of rotatable bonds is 10. The summed E-state index contributed by atoms with van der Waals surface area (Å²) >= 11 is 0. The van der Waals surface area contributed by atoms with Crippen molar-refractivity contribution in [3.8, 4) is 0 Å². The van der Waals surface area contributed by atoms with Crippen molar-refractivity contribution in [2.75, 3.05) is 24.9 Å². The van der Waals surface area contributed by atoms with Crippen LogP contribution in [-0.2, 0) is 26.3 Å². The molecule has 0 spiro atoms. The van der Waals surface area contributed by atoms with Crippen LogP contribution in [-0.4, -0.2) is 62.2 Å². The second kappa shape index (κ2) is 11.6. The van der Waals surface area contributed by atoms with Gasteiger partial charge in [-0.25, -0.2) is 8.70 Å². The summed E-state index contributed by atoms with van der Waals surface area (Å²) < 4.78 is 41.7. The average molecular weight is 505 g/mol. The quantitative estimate of drug-likeness (QED) is 0.539. The van der Waals surface area contributed by atoms with Gasteiger partial charge in [0.05, 0.1) is 5.69 Å². The number of hydrogen-bond donors (Lipinski definition) is 1. The monoisotopic (exact) mass is 504 g/mol. The van der Waals surface area contributed by atoms with Crippen molar-refractivity contribution in [1.29, 1.82) is 0 Å². The van der Waals surface area contributed by atoms with E-state index in [-0.39, 0.29) is 18.5 Å². The second-order valence-electron chi connectivity index (χ2n) is 8.95. The molecule has 0 aromatic heterocycles. The summed E-state index contributed by atoms with van der Waals surface area (Å²) in [5, 5.41) is 3.01. The van der Waals surface area contributed by atoms with Crippen molar-refractivity contribution in [2.45, 2.75) is 51.2 Å². The summed E-state index contributed by atoms with van der Waals surface area (Å²) in [6.07, 6.45) is 3.89. The van der Waals surface area contributed by atoms with Gasteiger partial charge in [0, 0.05) is 26.7 Å². The van der Waals surface area contributed by atoms with Crippen LogP contribution < -0.4 is 9.62 Å². The molecular weight excluding hydrogens is 471 g/mol. The lowest BCUT2D eigenvalue weighted by atomic mass is 10.1. The van der Waals surface area contributed by atoms with Gasteiger partial charge in [0.25, 0.3) is 0 Å². The molecule has 1 fully saturated rings. The number of carbonyl (C=O) groups is 2. The van der Waals surface area contributed by atoms with Crippen LogP contribution in [0, 0.1) is 5.82 Å². The summed E-state index contributed by atoms with van der Waals surface area (Å²) in [6, 6.07) is 13.2. The lowest BCUT2D eigenvalue weighted by molar-refractivity contribution is -0.139. The molecule has 0 unspecified atom stereocenters. The highest BCUT2D eigenvalue weighted by Gasteiger charge is 2.33. The third-order valence-electron chi connectivity index (χ3n) is 6.20. The van der Waals surface area contributed by atoms with Gasteiger partial charge in [-0.2, -0.15) is 12.7 Å². The molecular formula is C25H33FN4O4S. The highest BCUT2D eigenvalue weighted by molar-refractivity contribution is 7.90. The van der Waals surface area contributed by atoms with Crippen molar-refractivity contribution in [3.63, 3.8) is 0 Å². The van der Waals surface area contributed by atoms with Crippen LogP contribution in [0.25, 0.3) is 0 Å². The van der Waals surface area contributed by atoms with E-state index >= 15 is 0 Å². The smallest absolute Gasteiger partial charge is 0.304 e. The average Bonchev–Trinajstić information content (AvgIpc) is 3.35. The zero-order valence-corrected chi connectivity index (χ0v) is 21.2.